The van der Waals surface area contributed by atoms with Crippen LogP contribution in [0.25, 0.3) is 0 Å². The molecule has 88 valence electrons. The Kier molecular flexibility index (Phi) is 4.30. The van der Waals surface area contributed by atoms with Crippen molar-refractivity contribution < 1.29 is 5.11 Å². The van der Waals surface area contributed by atoms with Gasteiger partial charge in [0.2, 0.25) is 0 Å². The summed E-state index contributed by atoms with van der Waals surface area (Å²) in [5.74, 6) is 3.19. The van der Waals surface area contributed by atoms with Crippen LogP contribution in [-0.2, 0) is 0 Å². The third kappa shape index (κ3) is 3.02. The van der Waals surface area contributed by atoms with Crippen LogP contribution in [0.4, 0.5) is 0 Å². The molecule has 0 heterocycles. The molecule has 1 aromatic carbocycles. The van der Waals surface area contributed by atoms with Gasteiger partial charge in [0.05, 0.1) is 6.10 Å². The average molecular weight is 236 g/mol. The van der Waals surface area contributed by atoms with E-state index in [1.165, 1.54) is 17.7 Å². The number of rotatable bonds is 6. The van der Waals surface area contributed by atoms with Crippen molar-refractivity contribution >= 4 is 11.8 Å². The molecule has 1 aliphatic carbocycles. The zero-order valence-electron chi connectivity index (χ0n) is 9.80. The van der Waals surface area contributed by atoms with E-state index in [1.54, 1.807) is 0 Å². The van der Waals surface area contributed by atoms with Gasteiger partial charge < -0.3 is 5.11 Å². The van der Waals surface area contributed by atoms with Gasteiger partial charge in [-0.25, -0.2) is 0 Å². The fourth-order valence-corrected chi connectivity index (χ4v) is 3.14. The molecule has 1 aromatic rings. The molecule has 0 radical (unpaired) electrons. The van der Waals surface area contributed by atoms with Crippen LogP contribution in [0.3, 0.4) is 0 Å². The lowest BCUT2D eigenvalue weighted by Gasteiger charge is -2.09. The first-order valence-corrected chi connectivity index (χ1v) is 7.29. The van der Waals surface area contributed by atoms with E-state index in [0.29, 0.717) is 11.8 Å². The Labute approximate surface area is 102 Å². The summed E-state index contributed by atoms with van der Waals surface area (Å²) in [4.78, 5) is 0. The lowest BCUT2D eigenvalue weighted by molar-refractivity contribution is 0.173. The molecule has 3 unspecified atom stereocenters. The second-order valence-corrected chi connectivity index (χ2v) is 5.71. The molecule has 3 atom stereocenters. The summed E-state index contributed by atoms with van der Waals surface area (Å²) >= 11 is 1.88. The number of aliphatic hydroxyl groups is 1. The summed E-state index contributed by atoms with van der Waals surface area (Å²) in [6.07, 6.45) is 2.25. The Balaban J connectivity index is 1.78. The Morgan fingerprint density at radius 3 is 2.81 bits per heavy atom. The van der Waals surface area contributed by atoms with Gasteiger partial charge in [0.1, 0.15) is 0 Å². The lowest BCUT2D eigenvalue weighted by Crippen LogP contribution is -2.14. The van der Waals surface area contributed by atoms with Crippen LogP contribution in [-0.4, -0.2) is 22.7 Å². The van der Waals surface area contributed by atoms with E-state index < -0.39 is 0 Å². The van der Waals surface area contributed by atoms with E-state index in [4.69, 9.17) is 0 Å². The number of hydrogen-bond acceptors (Lipinski definition) is 2. The zero-order chi connectivity index (χ0) is 11.4. The highest BCUT2D eigenvalue weighted by Crippen LogP contribution is 2.49. The van der Waals surface area contributed by atoms with Crippen molar-refractivity contribution in [1.82, 2.24) is 0 Å². The second-order valence-electron chi connectivity index (χ2n) is 4.56. The van der Waals surface area contributed by atoms with Gasteiger partial charge in [0.15, 0.2) is 0 Å². The Morgan fingerprint density at radius 1 is 1.38 bits per heavy atom. The highest BCUT2D eigenvalue weighted by atomic mass is 32.2. The molecular formula is C14H20OS. The summed E-state index contributed by atoms with van der Waals surface area (Å²) in [6.45, 7) is 2.18. The third-order valence-electron chi connectivity index (χ3n) is 3.20. The summed E-state index contributed by atoms with van der Waals surface area (Å²) < 4.78 is 0. The van der Waals surface area contributed by atoms with Crippen molar-refractivity contribution in [2.45, 2.75) is 31.8 Å². The van der Waals surface area contributed by atoms with Gasteiger partial charge in [-0.05, 0) is 36.0 Å². The first-order valence-electron chi connectivity index (χ1n) is 6.13. The first-order chi connectivity index (χ1) is 7.83. The maximum absolute atomic E-state index is 10.0. The minimum Gasteiger partial charge on any atom is -0.392 e. The Hall–Kier alpha value is -0.470. The molecule has 2 heteroatoms. The van der Waals surface area contributed by atoms with Gasteiger partial charge >= 0.3 is 0 Å². The Bertz CT molecular complexity index is 312. The summed E-state index contributed by atoms with van der Waals surface area (Å²) in [5.41, 5.74) is 1.40. The van der Waals surface area contributed by atoms with E-state index in [2.05, 4.69) is 37.3 Å². The third-order valence-corrected chi connectivity index (χ3v) is 4.47. The van der Waals surface area contributed by atoms with Crippen LogP contribution in [0.1, 0.15) is 31.2 Å². The quantitative estimate of drug-likeness (QED) is 0.765. The molecular weight excluding hydrogens is 216 g/mol. The van der Waals surface area contributed by atoms with Crippen LogP contribution in [0, 0.1) is 5.92 Å². The molecule has 1 N–H and O–H groups in total. The summed E-state index contributed by atoms with van der Waals surface area (Å²) in [6, 6.07) is 10.6. The summed E-state index contributed by atoms with van der Waals surface area (Å²) in [5, 5.41) is 10.0. The number of benzene rings is 1. The van der Waals surface area contributed by atoms with Gasteiger partial charge in [-0.1, -0.05) is 37.3 Å². The fourth-order valence-electron chi connectivity index (χ4n) is 2.20. The van der Waals surface area contributed by atoms with Gasteiger partial charge in [0, 0.05) is 5.75 Å². The largest absolute Gasteiger partial charge is 0.392 e. The van der Waals surface area contributed by atoms with Crippen LogP contribution < -0.4 is 0 Å². The van der Waals surface area contributed by atoms with Crippen molar-refractivity contribution in [3.8, 4) is 0 Å². The predicted molar refractivity (Wildman–Crippen MR) is 70.9 cm³/mol. The van der Waals surface area contributed by atoms with Crippen molar-refractivity contribution in [2.75, 3.05) is 11.5 Å². The lowest BCUT2D eigenvalue weighted by atomic mass is 10.1. The molecule has 0 aromatic heterocycles. The van der Waals surface area contributed by atoms with Crippen molar-refractivity contribution in [3.05, 3.63) is 35.9 Å². The van der Waals surface area contributed by atoms with E-state index in [9.17, 15) is 5.11 Å². The van der Waals surface area contributed by atoms with E-state index in [0.717, 1.165) is 12.2 Å². The van der Waals surface area contributed by atoms with Crippen LogP contribution in [0.15, 0.2) is 30.3 Å². The molecule has 0 amide bonds. The molecule has 1 fully saturated rings. The SMILES string of the molecule is CCCSCC(O)C1CC1c1ccccc1. The smallest absolute Gasteiger partial charge is 0.0664 e. The molecule has 1 saturated carbocycles. The number of thioether (sulfide) groups is 1. The van der Waals surface area contributed by atoms with Crippen molar-refractivity contribution in [1.29, 1.82) is 0 Å². The molecule has 0 bridgehead atoms. The highest BCUT2D eigenvalue weighted by Gasteiger charge is 2.42. The molecule has 0 spiro atoms. The molecule has 2 rings (SSSR count). The van der Waals surface area contributed by atoms with Crippen LogP contribution >= 0.6 is 11.8 Å². The van der Waals surface area contributed by atoms with Crippen molar-refractivity contribution in [2.24, 2.45) is 5.92 Å². The highest BCUT2D eigenvalue weighted by molar-refractivity contribution is 7.99. The maximum Gasteiger partial charge on any atom is 0.0664 e. The molecule has 1 nitrogen and oxygen atoms in total. The van der Waals surface area contributed by atoms with E-state index in [-0.39, 0.29) is 6.10 Å². The predicted octanol–water partition coefficient (Wildman–Crippen LogP) is 3.29. The maximum atomic E-state index is 10.0. The van der Waals surface area contributed by atoms with E-state index in [1.807, 2.05) is 11.8 Å². The topological polar surface area (TPSA) is 20.2 Å². The monoisotopic (exact) mass is 236 g/mol. The Morgan fingerprint density at radius 2 is 2.12 bits per heavy atom. The molecule has 0 saturated heterocycles. The van der Waals surface area contributed by atoms with Crippen LogP contribution in [0.5, 0.6) is 0 Å². The second kappa shape index (κ2) is 5.74. The van der Waals surface area contributed by atoms with Gasteiger partial charge in [-0.3, -0.25) is 0 Å². The van der Waals surface area contributed by atoms with Gasteiger partial charge in [0.25, 0.3) is 0 Å². The molecule has 16 heavy (non-hydrogen) atoms. The fraction of sp³-hybridized carbons (Fsp3) is 0.571. The minimum absolute atomic E-state index is 0.109. The average Bonchev–Trinajstić information content (AvgIpc) is 3.10. The minimum atomic E-state index is -0.109. The number of aliphatic hydroxyl groups excluding tert-OH is 1. The van der Waals surface area contributed by atoms with Gasteiger partial charge in [-0.2, -0.15) is 11.8 Å². The molecule has 1 aliphatic rings. The standard InChI is InChI=1S/C14H20OS/c1-2-8-16-10-14(15)13-9-12(13)11-6-4-3-5-7-11/h3-7,12-15H,2,8-10H2,1H3. The summed E-state index contributed by atoms with van der Waals surface area (Å²) in [7, 11) is 0. The zero-order valence-corrected chi connectivity index (χ0v) is 10.6. The van der Waals surface area contributed by atoms with Gasteiger partial charge in [-0.15, -0.1) is 0 Å². The van der Waals surface area contributed by atoms with Crippen molar-refractivity contribution in [3.63, 3.8) is 0 Å². The van der Waals surface area contributed by atoms with Crippen LogP contribution in [0.2, 0.25) is 0 Å². The first kappa shape index (κ1) is 12.0. The number of hydrogen-bond donors (Lipinski definition) is 1. The molecule has 0 aliphatic heterocycles. The van der Waals surface area contributed by atoms with E-state index >= 15 is 0 Å². The normalized spacial score (nSPS) is 25.4.